The smallest absolute Gasteiger partial charge is 0.287 e. The molecule has 1 heterocycles. The average molecular weight is 355 g/mol. The molecule has 0 aliphatic heterocycles. The van der Waals surface area contributed by atoms with Crippen LogP contribution >= 0.6 is 23.2 Å². The van der Waals surface area contributed by atoms with Gasteiger partial charge < -0.3 is 10.2 Å². The summed E-state index contributed by atoms with van der Waals surface area (Å²) < 4.78 is 0.971. The van der Waals surface area contributed by atoms with E-state index in [9.17, 15) is 9.59 Å². The fraction of sp³-hybridized carbons (Fsp3) is 0.267. The van der Waals surface area contributed by atoms with Gasteiger partial charge in [0.2, 0.25) is 5.91 Å². The number of carbonyl (C=O) groups is 1. The Kier molecular flexibility index (Phi) is 5.63. The second-order valence-electron chi connectivity index (χ2n) is 5.11. The summed E-state index contributed by atoms with van der Waals surface area (Å²) in [5.41, 5.74) is 1.44. The first kappa shape index (κ1) is 17.3. The Balaban J connectivity index is 1.95. The van der Waals surface area contributed by atoms with Crippen molar-refractivity contribution in [1.29, 1.82) is 0 Å². The molecule has 0 saturated carbocycles. The summed E-state index contributed by atoms with van der Waals surface area (Å²) in [4.78, 5) is 25.7. The first-order valence-electron chi connectivity index (χ1n) is 6.82. The van der Waals surface area contributed by atoms with Gasteiger partial charge in [-0.15, -0.1) is 0 Å². The molecule has 0 fully saturated rings. The molecule has 1 N–H and O–H groups in total. The summed E-state index contributed by atoms with van der Waals surface area (Å²) in [5, 5.41) is 6.43. The summed E-state index contributed by atoms with van der Waals surface area (Å²) in [5.74, 6) is -0.338. The number of aromatic nitrogens is 2. The van der Waals surface area contributed by atoms with E-state index in [2.05, 4.69) is 10.4 Å². The number of benzene rings is 1. The predicted molar refractivity (Wildman–Crippen MR) is 91.1 cm³/mol. The van der Waals surface area contributed by atoms with Crippen LogP contribution in [0.2, 0.25) is 10.0 Å². The van der Waals surface area contributed by atoms with E-state index in [0.29, 0.717) is 6.54 Å². The number of hydrogen-bond donors (Lipinski definition) is 1. The van der Waals surface area contributed by atoms with Crippen molar-refractivity contribution in [3.63, 3.8) is 0 Å². The second-order valence-corrected chi connectivity index (χ2v) is 5.89. The number of hydrogen-bond acceptors (Lipinski definition) is 4. The molecule has 0 aliphatic rings. The molecule has 122 valence electrons. The van der Waals surface area contributed by atoms with E-state index in [1.807, 2.05) is 43.3 Å². The highest BCUT2D eigenvalue weighted by molar-refractivity contribution is 6.41. The average Bonchev–Trinajstić information content (AvgIpc) is 2.54. The summed E-state index contributed by atoms with van der Waals surface area (Å²) in [7, 11) is 3.91. The zero-order valence-corrected chi connectivity index (χ0v) is 14.2. The van der Waals surface area contributed by atoms with E-state index in [4.69, 9.17) is 23.2 Å². The number of anilines is 1. The van der Waals surface area contributed by atoms with Crippen molar-refractivity contribution in [2.75, 3.05) is 19.0 Å². The normalized spacial score (nSPS) is 10.4. The Bertz CT molecular complexity index is 757. The molecule has 23 heavy (non-hydrogen) atoms. The number of rotatable bonds is 5. The van der Waals surface area contributed by atoms with Crippen LogP contribution in [0.1, 0.15) is 5.56 Å². The van der Waals surface area contributed by atoms with E-state index in [1.165, 1.54) is 6.20 Å². The molecule has 6 nitrogen and oxygen atoms in total. The molecule has 2 aromatic rings. The Hall–Kier alpha value is -2.05. The summed E-state index contributed by atoms with van der Waals surface area (Å²) in [6.07, 6.45) is 1.23. The molecule has 0 radical (unpaired) electrons. The van der Waals surface area contributed by atoms with Crippen LogP contribution in [0.5, 0.6) is 0 Å². The first-order valence-corrected chi connectivity index (χ1v) is 7.58. The van der Waals surface area contributed by atoms with Crippen molar-refractivity contribution < 1.29 is 4.79 Å². The maximum Gasteiger partial charge on any atom is 0.287 e. The molecule has 0 bridgehead atoms. The molecule has 1 amide bonds. The zero-order valence-electron chi connectivity index (χ0n) is 12.7. The van der Waals surface area contributed by atoms with Gasteiger partial charge in [-0.1, -0.05) is 35.3 Å². The largest absolute Gasteiger partial charge is 0.378 e. The number of carbonyl (C=O) groups excluding carboxylic acids is 1. The third kappa shape index (κ3) is 4.46. The van der Waals surface area contributed by atoms with Crippen LogP contribution in [0.3, 0.4) is 0 Å². The third-order valence-corrected chi connectivity index (χ3v) is 3.93. The Morgan fingerprint density at radius 1 is 1.26 bits per heavy atom. The second kappa shape index (κ2) is 7.48. The van der Waals surface area contributed by atoms with Gasteiger partial charge in [0.1, 0.15) is 11.6 Å². The molecule has 1 aromatic carbocycles. The van der Waals surface area contributed by atoms with Crippen LogP contribution in [-0.4, -0.2) is 29.8 Å². The van der Waals surface area contributed by atoms with Crippen molar-refractivity contribution >= 4 is 34.8 Å². The van der Waals surface area contributed by atoms with Crippen LogP contribution < -0.4 is 15.8 Å². The van der Waals surface area contributed by atoms with Gasteiger partial charge in [0.15, 0.2) is 0 Å². The van der Waals surface area contributed by atoms with Gasteiger partial charge in [0, 0.05) is 26.3 Å². The molecule has 0 aliphatic carbocycles. The van der Waals surface area contributed by atoms with Gasteiger partial charge in [-0.2, -0.15) is 5.10 Å². The monoisotopic (exact) mass is 354 g/mol. The van der Waals surface area contributed by atoms with Crippen LogP contribution in [-0.2, 0) is 17.9 Å². The van der Waals surface area contributed by atoms with Crippen LogP contribution in [0.25, 0.3) is 0 Å². The molecular formula is C15H16Cl2N4O2. The van der Waals surface area contributed by atoms with Crippen LogP contribution in [0.15, 0.2) is 35.3 Å². The summed E-state index contributed by atoms with van der Waals surface area (Å²) in [6.45, 7) is 0.147. The third-order valence-electron chi connectivity index (χ3n) is 3.18. The van der Waals surface area contributed by atoms with Gasteiger partial charge in [0.25, 0.3) is 5.56 Å². The van der Waals surface area contributed by atoms with Crippen molar-refractivity contribution in [2.45, 2.75) is 13.1 Å². The Morgan fingerprint density at radius 2 is 1.91 bits per heavy atom. The maximum absolute atomic E-state index is 11.9. The maximum atomic E-state index is 11.9. The molecule has 0 saturated heterocycles. The van der Waals surface area contributed by atoms with Crippen molar-refractivity contribution in [3.8, 4) is 0 Å². The Labute approximate surface area is 143 Å². The first-order chi connectivity index (χ1) is 10.9. The lowest BCUT2D eigenvalue weighted by atomic mass is 10.2. The standard InChI is InChI=1S/C15H16Cl2N4O2/c1-20(2)11-5-3-10(4-6-11)7-18-13(22)9-21-15(23)14(17)12(16)8-19-21/h3-6,8H,7,9H2,1-2H3,(H,18,22). The minimum Gasteiger partial charge on any atom is -0.378 e. The van der Waals surface area contributed by atoms with Crippen molar-refractivity contribution in [1.82, 2.24) is 15.1 Å². The lowest BCUT2D eigenvalue weighted by Crippen LogP contribution is -2.33. The number of nitrogens with one attached hydrogen (secondary N) is 1. The molecule has 2 rings (SSSR count). The van der Waals surface area contributed by atoms with Gasteiger partial charge in [-0.05, 0) is 17.7 Å². The van der Waals surface area contributed by atoms with Gasteiger partial charge in [0.05, 0.1) is 11.2 Å². The quantitative estimate of drug-likeness (QED) is 0.890. The Morgan fingerprint density at radius 3 is 2.52 bits per heavy atom. The van der Waals surface area contributed by atoms with E-state index in [-0.39, 0.29) is 22.5 Å². The molecule has 0 atom stereocenters. The molecule has 8 heteroatoms. The number of amides is 1. The summed E-state index contributed by atoms with van der Waals surface area (Å²) >= 11 is 11.4. The SMILES string of the molecule is CN(C)c1ccc(CNC(=O)Cn2ncc(Cl)c(Cl)c2=O)cc1. The minimum absolute atomic E-state index is 0.0642. The lowest BCUT2D eigenvalue weighted by Gasteiger charge is -2.13. The minimum atomic E-state index is -0.593. The van der Waals surface area contributed by atoms with Crippen molar-refractivity contribution in [3.05, 3.63) is 56.4 Å². The highest BCUT2D eigenvalue weighted by Gasteiger charge is 2.10. The number of nitrogens with zero attached hydrogens (tertiary/aromatic N) is 3. The van der Waals surface area contributed by atoms with Crippen molar-refractivity contribution in [2.24, 2.45) is 0 Å². The fourth-order valence-electron chi connectivity index (χ4n) is 1.86. The summed E-state index contributed by atoms with van der Waals surface area (Å²) in [6, 6.07) is 7.79. The molecule has 0 unspecified atom stereocenters. The van der Waals surface area contributed by atoms with Crippen LogP contribution in [0, 0.1) is 0 Å². The highest BCUT2D eigenvalue weighted by Crippen LogP contribution is 2.14. The van der Waals surface area contributed by atoms with E-state index < -0.39 is 5.56 Å². The van der Waals surface area contributed by atoms with E-state index in [1.54, 1.807) is 0 Å². The molecule has 0 spiro atoms. The van der Waals surface area contributed by atoms with Gasteiger partial charge in [-0.3, -0.25) is 9.59 Å². The van der Waals surface area contributed by atoms with E-state index in [0.717, 1.165) is 15.9 Å². The topological polar surface area (TPSA) is 67.2 Å². The lowest BCUT2D eigenvalue weighted by molar-refractivity contribution is -0.122. The molecular weight excluding hydrogens is 339 g/mol. The number of halogens is 2. The molecule has 1 aromatic heterocycles. The fourth-order valence-corrected chi connectivity index (χ4v) is 2.13. The van der Waals surface area contributed by atoms with Crippen LogP contribution in [0.4, 0.5) is 5.69 Å². The predicted octanol–water partition coefficient (Wildman–Crippen LogP) is 1.93. The zero-order chi connectivity index (χ0) is 17.0. The van der Waals surface area contributed by atoms with E-state index >= 15 is 0 Å². The highest BCUT2D eigenvalue weighted by atomic mass is 35.5. The van der Waals surface area contributed by atoms with Gasteiger partial charge in [-0.25, -0.2) is 4.68 Å². The van der Waals surface area contributed by atoms with Gasteiger partial charge >= 0.3 is 0 Å².